The van der Waals surface area contributed by atoms with Crippen molar-refractivity contribution in [3.63, 3.8) is 0 Å². The number of hydrogen-bond acceptors (Lipinski definition) is 5. The molecule has 1 aliphatic rings. The molecule has 0 unspecified atom stereocenters. The number of piperidine rings is 1. The molecule has 0 aliphatic carbocycles. The fourth-order valence-corrected chi connectivity index (χ4v) is 4.26. The molecule has 1 aromatic heterocycles. The Balaban J connectivity index is 1.64. The molecule has 8 heteroatoms. The highest BCUT2D eigenvalue weighted by Crippen LogP contribution is 2.24. The molecule has 0 radical (unpaired) electrons. The third kappa shape index (κ3) is 3.80. The van der Waals surface area contributed by atoms with Crippen LogP contribution in [0.1, 0.15) is 12.8 Å². The van der Waals surface area contributed by atoms with E-state index in [2.05, 4.69) is 9.97 Å². The van der Waals surface area contributed by atoms with Crippen LogP contribution in [0, 0.1) is 0 Å². The smallest absolute Gasteiger partial charge is 0.243 e. The molecule has 6 nitrogen and oxygen atoms in total. The minimum Gasteiger partial charge on any atom is -0.474 e. The summed E-state index contributed by atoms with van der Waals surface area (Å²) < 4.78 is 32.4. The van der Waals surface area contributed by atoms with Gasteiger partial charge in [-0.1, -0.05) is 17.7 Å². The minimum absolute atomic E-state index is 0.0456. The lowest BCUT2D eigenvalue weighted by molar-refractivity contribution is 0.129. The summed E-state index contributed by atoms with van der Waals surface area (Å²) in [6.07, 6.45) is 4.22. The van der Waals surface area contributed by atoms with Gasteiger partial charge in [0.2, 0.25) is 15.9 Å². The van der Waals surface area contributed by atoms with Crippen LogP contribution in [0.15, 0.2) is 47.8 Å². The Hall–Kier alpha value is -1.70. The molecule has 0 saturated carbocycles. The van der Waals surface area contributed by atoms with Gasteiger partial charge in [0.1, 0.15) is 12.4 Å². The summed E-state index contributed by atoms with van der Waals surface area (Å²) in [5.74, 6) is 0.510. The predicted molar refractivity (Wildman–Crippen MR) is 85.9 cm³/mol. The van der Waals surface area contributed by atoms with E-state index in [0.29, 0.717) is 36.8 Å². The summed E-state index contributed by atoms with van der Waals surface area (Å²) >= 11 is 5.89. The van der Waals surface area contributed by atoms with Gasteiger partial charge in [-0.25, -0.2) is 18.4 Å². The zero-order valence-electron chi connectivity index (χ0n) is 12.3. The van der Waals surface area contributed by atoms with Crippen LogP contribution in [-0.2, 0) is 10.0 Å². The summed E-state index contributed by atoms with van der Waals surface area (Å²) in [5, 5.41) is 0.410. The second kappa shape index (κ2) is 6.82. The number of sulfonamides is 1. The van der Waals surface area contributed by atoms with Gasteiger partial charge >= 0.3 is 0 Å². The molecule has 3 rings (SSSR count). The molecule has 1 saturated heterocycles. The van der Waals surface area contributed by atoms with Crippen molar-refractivity contribution >= 4 is 21.6 Å². The molecule has 23 heavy (non-hydrogen) atoms. The Bertz CT molecular complexity index is 763. The summed E-state index contributed by atoms with van der Waals surface area (Å²) in [6, 6.07) is 8.02. The van der Waals surface area contributed by atoms with Crippen LogP contribution in [0.2, 0.25) is 5.02 Å². The van der Waals surface area contributed by atoms with Gasteiger partial charge in [0.25, 0.3) is 0 Å². The number of rotatable bonds is 4. The number of aromatic nitrogens is 2. The van der Waals surface area contributed by atoms with Gasteiger partial charge in [-0.05, 0) is 31.0 Å². The summed E-state index contributed by atoms with van der Waals surface area (Å²) in [4.78, 5) is 8.07. The van der Waals surface area contributed by atoms with E-state index in [1.165, 1.54) is 16.7 Å². The SMILES string of the molecule is O=S(=O)(c1cccc(Cl)c1)N1CCC(Oc2ccncn2)CC1. The highest BCUT2D eigenvalue weighted by Gasteiger charge is 2.30. The molecule has 122 valence electrons. The maximum absolute atomic E-state index is 12.6. The van der Waals surface area contributed by atoms with Gasteiger partial charge < -0.3 is 4.74 Å². The van der Waals surface area contributed by atoms with Gasteiger partial charge in [-0.2, -0.15) is 4.31 Å². The fourth-order valence-electron chi connectivity index (χ4n) is 2.49. The van der Waals surface area contributed by atoms with Crippen LogP contribution in [-0.4, -0.2) is 41.9 Å². The van der Waals surface area contributed by atoms with E-state index in [1.54, 1.807) is 30.5 Å². The van der Waals surface area contributed by atoms with Crippen molar-refractivity contribution in [2.45, 2.75) is 23.8 Å². The van der Waals surface area contributed by atoms with Crippen LogP contribution < -0.4 is 4.74 Å². The zero-order chi connectivity index (χ0) is 16.3. The highest BCUT2D eigenvalue weighted by atomic mass is 35.5. The van der Waals surface area contributed by atoms with Crippen molar-refractivity contribution in [2.75, 3.05) is 13.1 Å². The molecule has 0 spiro atoms. The van der Waals surface area contributed by atoms with Gasteiger partial charge in [0.15, 0.2) is 0 Å². The molecule has 1 aliphatic heterocycles. The van der Waals surface area contributed by atoms with Crippen LogP contribution in [0.4, 0.5) is 0 Å². The Morgan fingerprint density at radius 2 is 2.00 bits per heavy atom. The van der Waals surface area contributed by atoms with Crippen molar-refractivity contribution in [1.29, 1.82) is 0 Å². The first kappa shape index (κ1) is 16.2. The van der Waals surface area contributed by atoms with E-state index in [9.17, 15) is 8.42 Å². The molecular weight excluding hydrogens is 338 g/mol. The third-order valence-corrected chi connectivity index (χ3v) is 5.81. The van der Waals surface area contributed by atoms with E-state index in [4.69, 9.17) is 16.3 Å². The zero-order valence-corrected chi connectivity index (χ0v) is 13.9. The first-order chi connectivity index (χ1) is 11.1. The summed E-state index contributed by atoms with van der Waals surface area (Å²) in [7, 11) is -3.51. The van der Waals surface area contributed by atoms with Crippen LogP contribution in [0.25, 0.3) is 0 Å². The number of ether oxygens (including phenoxy) is 1. The van der Waals surface area contributed by atoms with Crippen molar-refractivity contribution < 1.29 is 13.2 Å². The lowest BCUT2D eigenvalue weighted by Crippen LogP contribution is -2.41. The molecular formula is C15H16ClN3O3S. The molecule has 0 amide bonds. The third-order valence-electron chi connectivity index (χ3n) is 3.68. The van der Waals surface area contributed by atoms with E-state index >= 15 is 0 Å². The molecule has 1 aromatic carbocycles. The normalized spacial score (nSPS) is 17.1. The van der Waals surface area contributed by atoms with Crippen LogP contribution in [0.3, 0.4) is 0 Å². The average molecular weight is 354 g/mol. The van der Waals surface area contributed by atoms with Gasteiger partial charge in [-0.15, -0.1) is 0 Å². The fraction of sp³-hybridized carbons (Fsp3) is 0.333. The van der Waals surface area contributed by atoms with Crippen molar-refractivity contribution in [1.82, 2.24) is 14.3 Å². The average Bonchev–Trinajstić information content (AvgIpc) is 2.56. The van der Waals surface area contributed by atoms with Crippen molar-refractivity contribution in [2.24, 2.45) is 0 Å². The Labute approximate surface area is 140 Å². The number of hydrogen-bond donors (Lipinski definition) is 0. The van der Waals surface area contributed by atoms with E-state index in [0.717, 1.165) is 0 Å². The van der Waals surface area contributed by atoms with E-state index in [-0.39, 0.29) is 11.0 Å². The maximum atomic E-state index is 12.6. The second-order valence-electron chi connectivity index (χ2n) is 5.23. The Kier molecular flexibility index (Phi) is 4.79. The summed E-state index contributed by atoms with van der Waals surface area (Å²) in [5.41, 5.74) is 0. The van der Waals surface area contributed by atoms with Crippen LogP contribution in [0.5, 0.6) is 5.88 Å². The molecule has 2 aromatic rings. The highest BCUT2D eigenvalue weighted by molar-refractivity contribution is 7.89. The second-order valence-corrected chi connectivity index (χ2v) is 7.60. The molecule has 2 heterocycles. The quantitative estimate of drug-likeness (QED) is 0.843. The molecule has 0 N–H and O–H groups in total. The molecule has 0 atom stereocenters. The Morgan fingerprint density at radius 3 is 2.65 bits per heavy atom. The number of halogens is 1. The lowest BCUT2D eigenvalue weighted by atomic mass is 10.1. The van der Waals surface area contributed by atoms with E-state index in [1.807, 2.05) is 0 Å². The molecule has 1 fully saturated rings. The molecule has 0 bridgehead atoms. The largest absolute Gasteiger partial charge is 0.474 e. The lowest BCUT2D eigenvalue weighted by Gasteiger charge is -2.31. The summed E-state index contributed by atoms with van der Waals surface area (Å²) in [6.45, 7) is 0.815. The van der Waals surface area contributed by atoms with Crippen molar-refractivity contribution in [3.8, 4) is 5.88 Å². The Morgan fingerprint density at radius 1 is 1.22 bits per heavy atom. The van der Waals surface area contributed by atoms with E-state index < -0.39 is 10.0 Å². The first-order valence-electron chi connectivity index (χ1n) is 7.24. The standard InChI is InChI=1S/C15H16ClN3O3S/c16-12-2-1-3-14(10-12)23(20,21)19-8-5-13(6-9-19)22-15-4-7-17-11-18-15/h1-4,7,10-11,13H,5-6,8-9H2. The number of benzene rings is 1. The maximum Gasteiger partial charge on any atom is 0.243 e. The van der Waals surface area contributed by atoms with Crippen LogP contribution >= 0.6 is 11.6 Å². The van der Waals surface area contributed by atoms with Gasteiger partial charge in [0.05, 0.1) is 4.90 Å². The van der Waals surface area contributed by atoms with Gasteiger partial charge in [-0.3, -0.25) is 0 Å². The number of nitrogens with zero attached hydrogens (tertiary/aromatic N) is 3. The first-order valence-corrected chi connectivity index (χ1v) is 9.06. The minimum atomic E-state index is -3.51. The van der Waals surface area contributed by atoms with Gasteiger partial charge in [0, 0.05) is 30.4 Å². The van der Waals surface area contributed by atoms with Crippen molar-refractivity contribution in [3.05, 3.63) is 47.9 Å². The predicted octanol–water partition coefficient (Wildman–Crippen LogP) is 2.36. The monoisotopic (exact) mass is 353 g/mol. The topological polar surface area (TPSA) is 72.4 Å².